The molecule has 0 radical (unpaired) electrons. The van der Waals surface area contributed by atoms with Crippen LogP contribution in [0.1, 0.15) is 6.92 Å². The summed E-state index contributed by atoms with van der Waals surface area (Å²) in [4.78, 5) is 22.3. The fourth-order valence-electron chi connectivity index (χ4n) is 1.51. The number of ether oxygens (including phenoxy) is 1. The van der Waals surface area contributed by atoms with Gasteiger partial charge in [0.15, 0.2) is 6.61 Å². The molecule has 0 bridgehead atoms. The van der Waals surface area contributed by atoms with E-state index in [2.05, 4.69) is 25.9 Å². The number of halogens is 1. The van der Waals surface area contributed by atoms with Gasteiger partial charge in [0.25, 0.3) is 5.91 Å². The fraction of sp³-hybridized carbons (Fsp3) is 0.250. The number of amides is 1. The van der Waals surface area contributed by atoms with E-state index in [1.807, 2.05) is 0 Å². The molecule has 0 aliphatic rings. The molecule has 1 amide bonds. The van der Waals surface area contributed by atoms with Crippen LogP contribution < -0.4 is 10.2 Å². The normalized spacial score (nSPS) is 11.2. The van der Waals surface area contributed by atoms with Crippen molar-refractivity contribution < 1.29 is 14.5 Å². The molecule has 0 atom stereocenters. The second-order valence-electron chi connectivity index (χ2n) is 4.48. The maximum atomic E-state index is 11.7. The van der Waals surface area contributed by atoms with Crippen LogP contribution in [0.3, 0.4) is 0 Å². The highest BCUT2D eigenvalue weighted by Gasteiger charge is 2.15. The van der Waals surface area contributed by atoms with Gasteiger partial charge in [-0.2, -0.15) is 5.10 Å². The van der Waals surface area contributed by atoms with Crippen LogP contribution in [0.5, 0.6) is 5.75 Å². The molecule has 126 valence electrons. The number of hydrazone groups is 1. The third kappa shape index (κ3) is 4.98. The molecule has 0 fully saturated rings. The molecular weight excluding hydrogens is 342 g/mol. The number of hydrogen-bond acceptors (Lipinski definition) is 8. The van der Waals surface area contributed by atoms with E-state index in [1.54, 1.807) is 31.2 Å². The second kappa shape index (κ2) is 7.97. The lowest BCUT2D eigenvalue weighted by atomic mass is 10.3. The number of hydrogen-bond donors (Lipinski definition) is 1. The molecular formula is C12H12ClN7O4. The molecule has 12 heteroatoms. The quantitative estimate of drug-likeness (QED) is 0.441. The zero-order valence-electron chi connectivity index (χ0n) is 12.4. The molecule has 0 spiro atoms. The summed E-state index contributed by atoms with van der Waals surface area (Å²) in [6, 6.07) is 6.74. The number of benzene rings is 1. The summed E-state index contributed by atoms with van der Waals surface area (Å²) >= 11 is 5.89. The Morgan fingerprint density at radius 3 is 2.92 bits per heavy atom. The van der Waals surface area contributed by atoms with Crippen molar-refractivity contribution in [2.24, 2.45) is 5.10 Å². The standard InChI is InChI=1S/C12H12ClN7O4/c1-8(6-19-17-12(16-18-19)20(22)23)14-15-11(21)7-24-10-5-3-2-4-9(10)13/h2-5H,6-7H2,1H3,(H,15,21)/b14-8+. The average molecular weight is 354 g/mol. The van der Waals surface area contributed by atoms with Crippen molar-refractivity contribution in [2.45, 2.75) is 13.5 Å². The number of nitrogens with zero attached hydrogens (tertiary/aromatic N) is 6. The van der Waals surface area contributed by atoms with E-state index < -0.39 is 16.8 Å². The molecule has 24 heavy (non-hydrogen) atoms. The van der Waals surface area contributed by atoms with Gasteiger partial charge in [0.2, 0.25) is 0 Å². The first kappa shape index (κ1) is 17.3. The molecule has 0 unspecified atom stereocenters. The second-order valence-corrected chi connectivity index (χ2v) is 4.89. The molecule has 0 saturated carbocycles. The van der Waals surface area contributed by atoms with Crippen LogP contribution >= 0.6 is 11.6 Å². The van der Waals surface area contributed by atoms with Gasteiger partial charge in [-0.25, -0.2) is 5.43 Å². The van der Waals surface area contributed by atoms with Crippen molar-refractivity contribution in [2.75, 3.05) is 6.61 Å². The van der Waals surface area contributed by atoms with Crippen LogP contribution in [0, 0.1) is 10.1 Å². The van der Waals surface area contributed by atoms with Gasteiger partial charge in [0, 0.05) is 5.21 Å². The average Bonchev–Trinajstić information content (AvgIpc) is 3.01. The Hall–Kier alpha value is -3.08. The molecule has 1 heterocycles. The summed E-state index contributed by atoms with van der Waals surface area (Å²) in [5.41, 5.74) is 2.69. The first-order valence-electron chi connectivity index (χ1n) is 6.57. The molecule has 2 aromatic rings. The van der Waals surface area contributed by atoms with Gasteiger partial charge >= 0.3 is 5.95 Å². The molecule has 11 nitrogen and oxygen atoms in total. The van der Waals surface area contributed by atoms with Gasteiger partial charge < -0.3 is 14.9 Å². The topological polar surface area (TPSA) is 137 Å². The number of carbonyl (C=O) groups is 1. The van der Waals surface area contributed by atoms with Crippen molar-refractivity contribution in [1.82, 2.24) is 25.6 Å². The number of para-hydroxylation sites is 1. The Morgan fingerprint density at radius 2 is 2.25 bits per heavy atom. The highest BCUT2D eigenvalue weighted by Crippen LogP contribution is 2.22. The Kier molecular flexibility index (Phi) is 5.73. The van der Waals surface area contributed by atoms with E-state index >= 15 is 0 Å². The lowest BCUT2D eigenvalue weighted by Gasteiger charge is -2.06. The minimum atomic E-state index is -0.760. The van der Waals surface area contributed by atoms with E-state index in [4.69, 9.17) is 16.3 Å². The van der Waals surface area contributed by atoms with Crippen LogP contribution in [-0.2, 0) is 11.3 Å². The number of nitro groups is 1. The summed E-state index contributed by atoms with van der Waals surface area (Å²) in [7, 11) is 0. The van der Waals surface area contributed by atoms with Crippen LogP contribution in [0.15, 0.2) is 29.4 Å². The summed E-state index contributed by atoms with van der Waals surface area (Å²) in [6.45, 7) is 1.35. The van der Waals surface area contributed by atoms with Gasteiger partial charge in [-0.3, -0.25) is 4.79 Å². The SMILES string of the molecule is C/C(Cn1nnc([N+](=O)[O-])n1)=N\NC(=O)COc1ccccc1Cl. The third-order valence-corrected chi connectivity index (χ3v) is 2.85. The van der Waals surface area contributed by atoms with E-state index in [1.165, 1.54) is 0 Å². The van der Waals surface area contributed by atoms with Crippen LogP contribution in [0.2, 0.25) is 5.02 Å². The highest BCUT2D eigenvalue weighted by atomic mass is 35.5. The Morgan fingerprint density at radius 1 is 1.50 bits per heavy atom. The number of rotatable bonds is 7. The van der Waals surface area contributed by atoms with Crippen LogP contribution in [-0.4, -0.2) is 43.4 Å². The van der Waals surface area contributed by atoms with Gasteiger partial charge in [-0.1, -0.05) is 28.5 Å². The number of aromatic nitrogens is 4. The maximum Gasteiger partial charge on any atom is 0.514 e. The van der Waals surface area contributed by atoms with E-state index in [9.17, 15) is 14.9 Å². The first-order valence-corrected chi connectivity index (χ1v) is 6.95. The maximum absolute atomic E-state index is 11.7. The van der Waals surface area contributed by atoms with Crippen LogP contribution in [0.25, 0.3) is 0 Å². The molecule has 1 N–H and O–H groups in total. The molecule has 0 saturated heterocycles. The van der Waals surface area contributed by atoms with Gasteiger partial charge in [0.1, 0.15) is 12.3 Å². The molecule has 0 aliphatic heterocycles. The zero-order chi connectivity index (χ0) is 17.5. The van der Waals surface area contributed by atoms with E-state index in [-0.39, 0.29) is 13.2 Å². The van der Waals surface area contributed by atoms with Gasteiger partial charge in [-0.15, -0.1) is 0 Å². The van der Waals surface area contributed by atoms with Crippen LogP contribution in [0.4, 0.5) is 5.95 Å². The first-order chi connectivity index (χ1) is 11.5. The summed E-state index contributed by atoms with van der Waals surface area (Å²) < 4.78 is 5.25. The Balaban J connectivity index is 1.81. The summed E-state index contributed by atoms with van der Waals surface area (Å²) in [5.74, 6) is -0.721. The van der Waals surface area contributed by atoms with Gasteiger partial charge in [-0.05, 0) is 24.0 Å². The van der Waals surface area contributed by atoms with Crippen molar-refractivity contribution in [3.8, 4) is 5.75 Å². The van der Waals surface area contributed by atoms with Gasteiger partial charge in [0.05, 0.1) is 20.9 Å². The summed E-state index contributed by atoms with van der Waals surface area (Å²) in [6.07, 6.45) is 0. The van der Waals surface area contributed by atoms with Crippen molar-refractivity contribution in [1.29, 1.82) is 0 Å². The molecule has 1 aromatic heterocycles. The van der Waals surface area contributed by atoms with Crippen molar-refractivity contribution >= 4 is 29.2 Å². The molecule has 0 aliphatic carbocycles. The summed E-state index contributed by atoms with van der Waals surface area (Å²) in [5, 5.41) is 24.9. The monoisotopic (exact) mass is 353 g/mol. The predicted molar refractivity (Wildman–Crippen MR) is 82.7 cm³/mol. The minimum absolute atomic E-state index is 0.0342. The largest absolute Gasteiger partial charge is 0.514 e. The third-order valence-electron chi connectivity index (χ3n) is 2.54. The fourth-order valence-corrected chi connectivity index (χ4v) is 1.70. The van der Waals surface area contributed by atoms with Crippen molar-refractivity contribution in [3.05, 3.63) is 39.4 Å². The van der Waals surface area contributed by atoms with Crippen molar-refractivity contribution in [3.63, 3.8) is 0 Å². The lowest BCUT2D eigenvalue weighted by Crippen LogP contribution is -2.26. The van der Waals surface area contributed by atoms with E-state index in [0.29, 0.717) is 16.5 Å². The predicted octanol–water partition coefficient (Wildman–Crippen LogP) is 0.806. The highest BCUT2D eigenvalue weighted by molar-refractivity contribution is 6.32. The zero-order valence-corrected chi connectivity index (χ0v) is 13.2. The van der Waals surface area contributed by atoms with E-state index in [0.717, 1.165) is 4.80 Å². The molecule has 1 aromatic carbocycles. The number of nitrogens with one attached hydrogen (secondary N) is 1. The smallest absolute Gasteiger partial charge is 0.482 e. The lowest BCUT2D eigenvalue weighted by molar-refractivity contribution is -0.394. The Bertz CT molecular complexity index is 776. The Labute approximate surface area is 140 Å². The number of tetrazole rings is 1. The number of carbonyl (C=O) groups excluding carboxylic acids is 1. The molecule has 2 rings (SSSR count). The minimum Gasteiger partial charge on any atom is -0.482 e.